The van der Waals surface area contributed by atoms with E-state index in [9.17, 15) is 9.59 Å². The average molecular weight is 432 g/mol. The number of thiophene rings is 1. The van der Waals surface area contributed by atoms with Crippen molar-refractivity contribution in [1.29, 1.82) is 0 Å². The predicted molar refractivity (Wildman–Crippen MR) is 116 cm³/mol. The fraction of sp³-hybridized carbons (Fsp3) is 0.278. The fourth-order valence-corrected chi connectivity index (χ4v) is 5.40. The Hall–Kier alpha value is -2.30. The molecule has 10 heteroatoms. The molecule has 0 aliphatic rings. The van der Waals surface area contributed by atoms with Crippen LogP contribution in [0.5, 0.6) is 0 Å². The van der Waals surface area contributed by atoms with Crippen LogP contribution in [0.25, 0.3) is 21.3 Å². The molecular formula is C18H17N5O2S3. The molecule has 3 aromatic heterocycles. The van der Waals surface area contributed by atoms with Gasteiger partial charge in [-0.25, -0.2) is 4.98 Å². The molecule has 7 nitrogen and oxygen atoms in total. The van der Waals surface area contributed by atoms with Gasteiger partial charge in [-0.2, -0.15) is 8.75 Å². The second kappa shape index (κ2) is 7.61. The first-order valence-corrected chi connectivity index (χ1v) is 11.2. The Morgan fingerprint density at radius 2 is 2.11 bits per heavy atom. The van der Waals surface area contributed by atoms with Crippen LogP contribution in [0.1, 0.15) is 17.4 Å². The zero-order chi connectivity index (χ0) is 19.8. The third kappa shape index (κ3) is 3.31. The summed E-state index contributed by atoms with van der Waals surface area (Å²) in [5, 5.41) is 4.12. The summed E-state index contributed by atoms with van der Waals surface area (Å²) in [6.45, 7) is 6.35. The number of rotatable bonds is 5. The van der Waals surface area contributed by atoms with Crippen LogP contribution in [0.3, 0.4) is 0 Å². The van der Waals surface area contributed by atoms with E-state index < -0.39 is 0 Å². The molecule has 0 fully saturated rings. The van der Waals surface area contributed by atoms with Crippen molar-refractivity contribution in [1.82, 2.24) is 18.3 Å². The van der Waals surface area contributed by atoms with E-state index in [2.05, 4.69) is 19.0 Å². The zero-order valence-corrected chi connectivity index (χ0v) is 17.9. The summed E-state index contributed by atoms with van der Waals surface area (Å²) in [6, 6.07) is 5.49. The number of hydrogen-bond donors (Lipinski definition) is 1. The predicted octanol–water partition coefficient (Wildman–Crippen LogP) is 3.83. The van der Waals surface area contributed by atoms with Crippen LogP contribution < -0.4 is 10.9 Å². The summed E-state index contributed by atoms with van der Waals surface area (Å²) in [4.78, 5) is 31.8. The third-order valence-corrected chi connectivity index (χ3v) is 7.08. The van der Waals surface area contributed by atoms with Gasteiger partial charge in [0.1, 0.15) is 15.9 Å². The Morgan fingerprint density at radius 3 is 2.89 bits per heavy atom. The van der Waals surface area contributed by atoms with Crippen molar-refractivity contribution in [3.05, 3.63) is 39.0 Å². The molecule has 0 aliphatic carbocycles. The van der Waals surface area contributed by atoms with Crippen molar-refractivity contribution in [2.45, 2.75) is 32.5 Å². The number of anilines is 1. The molecule has 0 atom stereocenters. The number of nitrogens with one attached hydrogen (secondary N) is 1. The van der Waals surface area contributed by atoms with Crippen LogP contribution >= 0.6 is 34.8 Å². The van der Waals surface area contributed by atoms with Crippen molar-refractivity contribution in [3.63, 3.8) is 0 Å². The van der Waals surface area contributed by atoms with Crippen molar-refractivity contribution in [2.75, 3.05) is 11.1 Å². The van der Waals surface area contributed by atoms with Gasteiger partial charge in [-0.05, 0) is 38.5 Å². The molecule has 0 unspecified atom stereocenters. The lowest BCUT2D eigenvalue weighted by Crippen LogP contribution is -2.23. The van der Waals surface area contributed by atoms with E-state index in [1.165, 1.54) is 23.1 Å². The molecule has 1 aromatic carbocycles. The first-order chi connectivity index (χ1) is 13.5. The molecule has 0 bridgehead atoms. The van der Waals surface area contributed by atoms with Crippen molar-refractivity contribution in [3.8, 4) is 0 Å². The number of hydrogen-bond acceptors (Lipinski definition) is 8. The summed E-state index contributed by atoms with van der Waals surface area (Å²) in [7, 11) is 0. The van der Waals surface area contributed by atoms with E-state index in [0.717, 1.165) is 32.5 Å². The van der Waals surface area contributed by atoms with Gasteiger partial charge in [0, 0.05) is 11.4 Å². The standard InChI is InChI=1S/C18H17N5O2S3/c1-4-23-17(25)14-9(2)10(3)27-16(14)20-18(23)26-8-13(24)19-11-6-5-7-12-15(11)22-28-21-12/h5-7H,4,8H2,1-3H3,(H,19,24). The lowest BCUT2D eigenvalue weighted by Gasteiger charge is -2.10. The summed E-state index contributed by atoms with van der Waals surface area (Å²) in [5.41, 5.74) is 3.01. The van der Waals surface area contributed by atoms with Crippen LogP contribution in [-0.2, 0) is 11.3 Å². The van der Waals surface area contributed by atoms with Crippen LogP contribution in [0.4, 0.5) is 5.69 Å². The number of benzene rings is 1. The number of nitrogens with zero attached hydrogens (tertiary/aromatic N) is 4. The molecule has 28 heavy (non-hydrogen) atoms. The highest BCUT2D eigenvalue weighted by atomic mass is 32.2. The topological polar surface area (TPSA) is 89.8 Å². The summed E-state index contributed by atoms with van der Waals surface area (Å²) in [6.07, 6.45) is 0. The zero-order valence-electron chi connectivity index (χ0n) is 15.5. The fourth-order valence-electron chi connectivity index (χ4n) is 2.92. The molecule has 1 N–H and O–H groups in total. The van der Waals surface area contributed by atoms with Crippen LogP contribution in [0.15, 0.2) is 28.2 Å². The maximum Gasteiger partial charge on any atom is 0.263 e. The van der Waals surface area contributed by atoms with E-state index in [-0.39, 0.29) is 17.2 Å². The van der Waals surface area contributed by atoms with Gasteiger partial charge < -0.3 is 5.32 Å². The number of aryl methyl sites for hydroxylation is 2. The largest absolute Gasteiger partial charge is 0.323 e. The molecule has 0 aliphatic heterocycles. The molecule has 4 aromatic rings. The minimum Gasteiger partial charge on any atom is -0.323 e. The number of carbonyl (C=O) groups excluding carboxylic acids is 1. The SMILES string of the molecule is CCn1c(SCC(=O)Nc2cccc3nsnc23)nc2sc(C)c(C)c2c1=O. The first-order valence-electron chi connectivity index (χ1n) is 8.64. The van der Waals surface area contributed by atoms with Gasteiger partial charge in [-0.3, -0.25) is 14.2 Å². The van der Waals surface area contributed by atoms with Crippen molar-refractivity contribution >= 4 is 67.7 Å². The van der Waals surface area contributed by atoms with Gasteiger partial charge in [-0.1, -0.05) is 17.8 Å². The molecule has 0 spiro atoms. The lowest BCUT2D eigenvalue weighted by molar-refractivity contribution is -0.113. The number of carbonyl (C=O) groups is 1. The Balaban J connectivity index is 1.57. The van der Waals surface area contributed by atoms with E-state index in [4.69, 9.17) is 0 Å². The van der Waals surface area contributed by atoms with E-state index in [1.54, 1.807) is 10.6 Å². The maximum atomic E-state index is 12.9. The molecule has 4 rings (SSSR count). The Kier molecular flexibility index (Phi) is 5.17. The highest BCUT2D eigenvalue weighted by molar-refractivity contribution is 7.99. The van der Waals surface area contributed by atoms with Crippen LogP contribution in [0.2, 0.25) is 0 Å². The molecule has 144 valence electrons. The Labute approximate surface area is 173 Å². The second-order valence-corrected chi connectivity index (χ2v) is 8.86. The van der Waals surface area contributed by atoms with Crippen LogP contribution in [-0.4, -0.2) is 30.0 Å². The van der Waals surface area contributed by atoms with E-state index >= 15 is 0 Å². The normalized spacial score (nSPS) is 11.4. The van der Waals surface area contributed by atoms with E-state index in [1.807, 2.05) is 32.9 Å². The van der Waals surface area contributed by atoms with Gasteiger partial charge in [0.15, 0.2) is 5.16 Å². The number of thioether (sulfide) groups is 1. The molecule has 0 radical (unpaired) electrons. The van der Waals surface area contributed by atoms with Gasteiger partial charge in [0.2, 0.25) is 5.91 Å². The average Bonchev–Trinajstić information content (AvgIpc) is 3.26. The quantitative estimate of drug-likeness (QED) is 0.382. The van der Waals surface area contributed by atoms with Gasteiger partial charge >= 0.3 is 0 Å². The number of fused-ring (bicyclic) bond motifs is 2. The molecular weight excluding hydrogens is 414 g/mol. The maximum absolute atomic E-state index is 12.9. The molecule has 0 saturated carbocycles. The smallest absolute Gasteiger partial charge is 0.263 e. The van der Waals surface area contributed by atoms with Gasteiger partial charge in [0.05, 0.1) is 28.6 Å². The molecule has 1 amide bonds. The second-order valence-electron chi connectivity index (χ2n) is 6.18. The lowest BCUT2D eigenvalue weighted by atomic mass is 10.2. The summed E-state index contributed by atoms with van der Waals surface area (Å²) < 4.78 is 10.0. The van der Waals surface area contributed by atoms with E-state index in [0.29, 0.717) is 28.3 Å². The minimum atomic E-state index is -0.180. The first kappa shape index (κ1) is 19.0. The van der Waals surface area contributed by atoms with Gasteiger partial charge in [0.25, 0.3) is 5.56 Å². The van der Waals surface area contributed by atoms with Gasteiger partial charge in [-0.15, -0.1) is 11.3 Å². The minimum absolute atomic E-state index is 0.0458. The third-order valence-electron chi connectivity index (χ3n) is 4.46. The molecule has 0 saturated heterocycles. The highest BCUT2D eigenvalue weighted by Gasteiger charge is 2.17. The molecule has 3 heterocycles. The summed E-state index contributed by atoms with van der Waals surface area (Å²) in [5.74, 6) is -0.0315. The number of amides is 1. The number of aromatic nitrogens is 4. The van der Waals surface area contributed by atoms with Crippen molar-refractivity contribution < 1.29 is 4.79 Å². The van der Waals surface area contributed by atoms with Crippen molar-refractivity contribution in [2.24, 2.45) is 0 Å². The monoisotopic (exact) mass is 431 g/mol. The highest BCUT2D eigenvalue weighted by Crippen LogP contribution is 2.28. The Bertz CT molecular complexity index is 1260. The Morgan fingerprint density at radius 1 is 1.29 bits per heavy atom. The summed E-state index contributed by atoms with van der Waals surface area (Å²) >= 11 is 3.89. The van der Waals surface area contributed by atoms with Crippen LogP contribution in [0, 0.1) is 13.8 Å².